The molecule has 4 rings (SSSR count). The van der Waals surface area contributed by atoms with E-state index in [-0.39, 0.29) is 17.7 Å². The fourth-order valence-corrected chi connectivity index (χ4v) is 4.36. The van der Waals surface area contributed by atoms with E-state index in [9.17, 15) is 9.59 Å². The van der Waals surface area contributed by atoms with Crippen molar-refractivity contribution in [2.24, 2.45) is 5.92 Å². The van der Waals surface area contributed by atoms with Crippen LogP contribution in [-0.4, -0.2) is 32.4 Å². The summed E-state index contributed by atoms with van der Waals surface area (Å²) in [5, 5.41) is 6.68. The van der Waals surface area contributed by atoms with Gasteiger partial charge in [-0.2, -0.15) is 0 Å². The second kappa shape index (κ2) is 9.74. The van der Waals surface area contributed by atoms with Crippen molar-refractivity contribution in [1.29, 1.82) is 0 Å². The number of thiazole rings is 1. The average Bonchev–Trinajstić information content (AvgIpc) is 3.46. The zero-order chi connectivity index (χ0) is 22.5. The van der Waals surface area contributed by atoms with Gasteiger partial charge in [0.05, 0.1) is 10.2 Å². The summed E-state index contributed by atoms with van der Waals surface area (Å²) in [6.45, 7) is 4.45. The van der Waals surface area contributed by atoms with E-state index < -0.39 is 6.04 Å². The Morgan fingerprint density at radius 3 is 2.56 bits per heavy atom. The summed E-state index contributed by atoms with van der Waals surface area (Å²) < 4.78 is 2.86. The Kier molecular flexibility index (Phi) is 6.61. The van der Waals surface area contributed by atoms with Crippen molar-refractivity contribution in [2.75, 3.05) is 0 Å². The Bertz CT molecular complexity index is 1200. The molecular weight excluding hydrogens is 422 g/mol. The molecule has 0 radical (unpaired) electrons. The first-order valence-electron chi connectivity index (χ1n) is 10.5. The Morgan fingerprint density at radius 2 is 1.84 bits per heavy atom. The van der Waals surface area contributed by atoms with Crippen LogP contribution in [0.5, 0.6) is 0 Å². The van der Waals surface area contributed by atoms with E-state index in [0.717, 1.165) is 20.9 Å². The molecule has 3 heterocycles. The zero-order valence-corrected chi connectivity index (χ0v) is 18.8. The van der Waals surface area contributed by atoms with Crippen LogP contribution in [-0.2, 0) is 11.3 Å². The third-order valence-electron chi connectivity index (χ3n) is 5.01. The molecule has 3 aromatic heterocycles. The fourth-order valence-electron chi connectivity index (χ4n) is 3.38. The Morgan fingerprint density at radius 1 is 1.09 bits per heavy atom. The molecule has 0 fully saturated rings. The first kappa shape index (κ1) is 21.7. The smallest absolute Gasteiger partial charge is 0.251 e. The van der Waals surface area contributed by atoms with Gasteiger partial charge >= 0.3 is 0 Å². The minimum Gasteiger partial charge on any atom is -0.350 e. The van der Waals surface area contributed by atoms with Crippen molar-refractivity contribution in [3.63, 3.8) is 0 Å². The fraction of sp³-hybridized carbons (Fsp3) is 0.250. The molecule has 4 aromatic rings. The first-order valence-corrected chi connectivity index (χ1v) is 11.3. The van der Waals surface area contributed by atoms with Gasteiger partial charge in [-0.15, -0.1) is 0 Å². The van der Waals surface area contributed by atoms with Gasteiger partial charge in [0, 0.05) is 36.9 Å². The third-order valence-corrected chi connectivity index (χ3v) is 6.04. The highest BCUT2D eigenvalue weighted by Crippen LogP contribution is 2.26. The molecule has 0 bridgehead atoms. The number of nitrogens with zero attached hydrogens (tertiary/aromatic N) is 3. The zero-order valence-electron chi connectivity index (χ0n) is 18.0. The average molecular weight is 448 g/mol. The van der Waals surface area contributed by atoms with Crippen molar-refractivity contribution >= 4 is 33.4 Å². The molecule has 0 aliphatic carbocycles. The van der Waals surface area contributed by atoms with Crippen LogP contribution in [0.1, 0.15) is 36.2 Å². The van der Waals surface area contributed by atoms with E-state index in [0.29, 0.717) is 18.5 Å². The number of nitrogens with one attached hydrogen (secondary N) is 2. The van der Waals surface area contributed by atoms with E-state index in [2.05, 4.69) is 20.6 Å². The molecule has 0 saturated carbocycles. The maximum atomic E-state index is 13.0. The minimum atomic E-state index is -0.614. The lowest BCUT2D eigenvalue weighted by Gasteiger charge is -2.20. The van der Waals surface area contributed by atoms with Gasteiger partial charge in [-0.05, 0) is 60.4 Å². The molecule has 2 amide bonds. The SMILES string of the molecule is CC(C)C[C@H](NC(=O)c1ccc2nc(-n3cccc3)sc2c1)C(=O)NCc1ccncc1. The summed E-state index contributed by atoms with van der Waals surface area (Å²) in [7, 11) is 0. The molecule has 7 nitrogen and oxygen atoms in total. The van der Waals surface area contributed by atoms with E-state index >= 15 is 0 Å². The second-order valence-corrected chi connectivity index (χ2v) is 9.01. The highest BCUT2D eigenvalue weighted by atomic mass is 32.1. The quantitative estimate of drug-likeness (QED) is 0.428. The van der Waals surface area contributed by atoms with Crippen LogP contribution in [0.4, 0.5) is 0 Å². The monoisotopic (exact) mass is 447 g/mol. The van der Waals surface area contributed by atoms with Crippen molar-refractivity contribution in [3.05, 3.63) is 78.4 Å². The van der Waals surface area contributed by atoms with Gasteiger partial charge in [-0.1, -0.05) is 25.2 Å². The summed E-state index contributed by atoms with van der Waals surface area (Å²) in [6, 6.07) is 12.4. The number of amides is 2. The maximum absolute atomic E-state index is 13.0. The number of benzene rings is 1. The van der Waals surface area contributed by atoms with Crippen LogP contribution in [0, 0.1) is 5.92 Å². The van der Waals surface area contributed by atoms with Gasteiger partial charge in [0.2, 0.25) is 5.91 Å². The molecule has 1 atom stereocenters. The molecule has 0 saturated heterocycles. The molecule has 1 aromatic carbocycles. The van der Waals surface area contributed by atoms with Gasteiger partial charge in [0.15, 0.2) is 5.13 Å². The highest BCUT2D eigenvalue weighted by molar-refractivity contribution is 7.20. The normalized spacial score (nSPS) is 12.1. The van der Waals surface area contributed by atoms with Crippen LogP contribution in [0.3, 0.4) is 0 Å². The maximum Gasteiger partial charge on any atom is 0.251 e. The lowest BCUT2D eigenvalue weighted by Crippen LogP contribution is -2.47. The summed E-state index contributed by atoms with van der Waals surface area (Å²) in [6.07, 6.45) is 7.80. The second-order valence-electron chi connectivity index (χ2n) is 8.00. The number of rotatable bonds is 8. The van der Waals surface area contributed by atoms with Crippen molar-refractivity contribution in [3.8, 4) is 5.13 Å². The Balaban J connectivity index is 1.47. The van der Waals surface area contributed by atoms with Gasteiger partial charge in [0.25, 0.3) is 5.91 Å². The van der Waals surface area contributed by atoms with E-state index in [1.807, 2.05) is 67.2 Å². The molecule has 164 valence electrons. The Labute approximate surface area is 190 Å². The van der Waals surface area contributed by atoms with Crippen LogP contribution in [0.2, 0.25) is 0 Å². The molecule has 0 aliphatic heterocycles. The summed E-state index contributed by atoms with van der Waals surface area (Å²) in [4.78, 5) is 34.4. The minimum absolute atomic E-state index is 0.197. The van der Waals surface area contributed by atoms with Gasteiger partial charge < -0.3 is 15.2 Å². The largest absolute Gasteiger partial charge is 0.350 e. The number of pyridine rings is 1. The lowest BCUT2D eigenvalue weighted by atomic mass is 10.0. The molecule has 0 spiro atoms. The predicted octanol–water partition coefficient (Wildman–Crippen LogP) is 3.94. The predicted molar refractivity (Wildman–Crippen MR) is 126 cm³/mol. The van der Waals surface area contributed by atoms with Crippen LogP contribution >= 0.6 is 11.3 Å². The van der Waals surface area contributed by atoms with Crippen LogP contribution < -0.4 is 10.6 Å². The van der Waals surface area contributed by atoms with Gasteiger partial charge in [-0.25, -0.2) is 4.98 Å². The number of carbonyl (C=O) groups excluding carboxylic acids is 2. The molecule has 32 heavy (non-hydrogen) atoms. The van der Waals surface area contributed by atoms with Crippen LogP contribution in [0.25, 0.3) is 15.3 Å². The van der Waals surface area contributed by atoms with Crippen molar-refractivity contribution < 1.29 is 9.59 Å². The Hall–Kier alpha value is -3.52. The number of hydrogen-bond acceptors (Lipinski definition) is 5. The standard InChI is InChI=1S/C24H25N5O2S/c1-16(2)13-20(23(31)26-15-17-7-9-25-10-8-17)27-22(30)18-5-6-19-21(14-18)32-24(28-19)29-11-3-4-12-29/h3-12,14,16,20H,13,15H2,1-2H3,(H,26,31)(H,27,30)/t20-/m0/s1. The molecular formula is C24H25N5O2S. The molecule has 0 aliphatic rings. The van der Waals surface area contributed by atoms with E-state index in [1.54, 1.807) is 18.5 Å². The lowest BCUT2D eigenvalue weighted by molar-refractivity contribution is -0.123. The van der Waals surface area contributed by atoms with E-state index in [4.69, 9.17) is 0 Å². The van der Waals surface area contributed by atoms with Gasteiger partial charge in [0.1, 0.15) is 6.04 Å². The van der Waals surface area contributed by atoms with E-state index in [1.165, 1.54) is 11.3 Å². The molecule has 8 heteroatoms. The molecule has 2 N–H and O–H groups in total. The summed E-state index contributed by atoms with van der Waals surface area (Å²) in [5.41, 5.74) is 2.30. The number of fused-ring (bicyclic) bond motifs is 1. The number of aromatic nitrogens is 3. The third kappa shape index (κ3) is 5.20. The highest BCUT2D eigenvalue weighted by Gasteiger charge is 2.23. The van der Waals surface area contributed by atoms with Crippen molar-refractivity contribution in [1.82, 2.24) is 25.2 Å². The summed E-state index contributed by atoms with van der Waals surface area (Å²) in [5.74, 6) is -0.217. The number of hydrogen-bond donors (Lipinski definition) is 2. The van der Waals surface area contributed by atoms with Gasteiger partial charge in [-0.3, -0.25) is 14.6 Å². The van der Waals surface area contributed by atoms with Crippen LogP contribution in [0.15, 0.2) is 67.3 Å². The molecule has 0 unspecified atom stereocenters. The summed E-state index contributed by atoms with van der Waals surface area (Å²) >= 11 is 1.52. The van der Waals surface area contributed by atoms with Crippen molar-refractivity contribution in [2.45, 2.75) is 32.9 Å². The number of carbonyl (C=O) groups is 2. The first-order chi connectivity index (χ1) is 15.5. The topological polar surface area (TPSA) is 88.9 Å².